The van der Waals surface area contributed by atoms with Gasteiger partial charge in [-0.15, -0.1) is 0 Å². The molecule has 7 heteroatoms. The van der Waals surface area contributed by atoms with Crippen molar-refractivity contribution in [3.63, 3.8) is 0 Å². The van der Waals surface area contributed by atoms with Crippen molar-refractivity contribution in [3.8, 4) is 0 Å². The quantitative estimate of drug-likeness (QED) is 0.674. The molecular formula is C13H24N2O5. The minimum absolute atomic E-state index is 0.0278. The Bertz CT molecular complexity index is 348. The highest BCUT2D eigenvalue weighted by molar-refractivity contribution is 5.76. The van der Waals surface area contributed by atoms with Crippen LogP contribution in [0.4, 0.5) is 4.79 Å². The summed E-state index contributed by atoms with van der Waals surface area (Å²) in [6.07, 6.45) is -0.486. The van der Waals surface area contributed by atoms with Crippen LogP contribution >= 0.6 is 0 Å². The Kier molecular flexibility index (Phi) is 6.22. The van der Waals surface area contributed by atoms with Gasteiger partial charge in [0.1, 0.15) is 0 Å². The van der Waals surface area contributed by atoms with Crippen molar-refractivity contribution in [2.24, 2.45) is 5.92 Å². The molecule has 0 aliphatic carbocycles. The van der Waals surface area contributed by atoms with Crippen LogP contribution in [0, 0.1) is 5.92 Å². The van der Waals surface area contributed by atoms with Crippen molar-refractivity contribution in [3.05, 3.63) is 0 Å². The smallest absolute Gasteiger partial charge is 0.318 e. The van der Waals surface area contributed by atoms with Crippen molar-refractivity contribution in [1.82, 2.24) is 10.2 Å². The number of hydrogen-bond donors (Lipinski definition) is 3. The maximum atomic E-state index is 12.3. The number of carboxylic acids is 1. The van der Waals surface area contributed by atoms with Crippen molar-refractivity contribution in [1.29, 1.82) is 0 Å². The zero-order valence-corrected chi connectivity index (χ0v) is 12.2. The van der Waals surface area contributed by atoms with Crippen LogP contribution in [0.3, 0.4) is 0 Å². The minimum atomic E-state index is -0.938. The van der Waals surface area contributed by atoms with Gasteiger partial charge in [0, 0.05) is 6.04 Å². The van der Waals surface area contributed by atoms with Crippen LogP contribution in [-0.4, -0.2) is 65.1 Å². The van der Waals surface area contributed by atoms with Gasteiger partial charge >= 0.3 is 12.0 Å². The standard InChI is InChI=1S/C13H24N2O5/c1-8(2)11(4-12(17)18)14-13(19)15-5-10(6-16)20-7-9(15)3/h8-11,16H,4-7H2,1-3H3,(H,14,19)(H,17,18). The SMILES string of the molecule is CC(C)C(CC(=O)O)NC(=O)N1CC(CO)OCC1C. The molecule has 0 saturated carbocycles. The average molecular weight is 288 g/mol. The Morgan fingerprint density at radius 2 is 2.10 bits per heavy atom. The summed E-state index contributed by atoms with van der Waals surface area (Å²) < 4.78 is 5.37. The lowest BCUT2D eigenvalue weighted by atomic mass is 10.0. The molecule has 3 atom stereocenters. The summed E-state index contributed by atoms with van der Waals surface area (Å²) in [6, 6.07) is -0.822. The second-order valence-corrected chi connectivity index (χ2v) is 5.54. The topological polar surface area (TPSA) is 99.1 Å². The van der Waals surface area contributed by atoms with Gasteiger partial charge in [0.25, 0.3) is 0 Å². The van der Waals surface area contributed by atoms with Gasteiger partial charge in [0.2, 0.25) is 0 Å². The molecule has 0 spiro atoms. The zero-order valence-electron chi connectivity index (χ0n) is 12.2. The second kappa shape index (κ2) is 7.44. The predicted octanol–water partition coefficient (Wildman–Crippen LogP) is 0.277. The van der Waals surface area contributed by atoms with Crippen LogP contribution in [0.1, 0.15) is 27.2 Å². The summed E-state index contributed by atoms with van der Waals surface area (Å²) in [4.78, 5) is 24.7. The second-order valence-electron chi connectivity index (χ2n) is 5.54. The fourth-order valence-corrected chi connectivity index (χ4v) is 2.09. The van der Waals surface area contributed by atoms with E-state index in [1.54, 1.807) is 4.90 Å². The number of rotatable bonds is 5. The number of aliphatic carboxylic acids is 1. The monoisotopic (exact) mass is 288 g/mol. The molecule has 0 aromatic rings. The lowest BCUT2D eigenvalue weighted by molar-refractivity contribution is -0.137. The highest BCUT2D eigenvalue weighted by Crippen LogP contribution is 2.13. The summed E-state index contributed by atoms with van der Waals surface area (Å²) in [5.74, 6) is -0.910. The molecule has 0 aromatic heterocycles. The Labute approximate surface area is 118 Å². The molecule has 1 saturated heterocycles. The third-order valence-corrected chi connectivity index (χ3v) is 3.48. The Morgan fingerprint density at radius 1 is 1.45 bits per heavy atom. The van der Waals surface area contributed by atoms with Gasteiger partial charge in [-0.3, -0.25) is 4.79 Å². The molecule has 20 heavy (non-hydrogen) atoms. The lowest BCUT2D eigenvalue weighted by Gasteiger charge is -2.38. The van der Waals surface area contributed by atoms with Crippen molar-refractivity contribution in [2.45, 2.75) is 45.4 Å². The molecule has 1 fully saturated rings. The number of carbonyl (C=O) groups excluding carboxylic acids is 1. The third-order valence-electron chi connectivity index (χ3n) is 3.48. The molecule has 0 radical (unpaired) electrons. The number of carbonyl (C=O) groups is 2. The number of urea groups is 1. The molecule has 1 rings (SSSR count). The summed E-state index contributed by atoms with van der Waals surface area (Å²) in [7, 11) is 0. The molecular weight excluding hydrogens is 264 g/mol. The Morgan fingerprint density at radius 3 is 2.60 bits per heavy atom. The van der Waals surface area contributed by atoms with Gasteiger partial charge in [0.15, 0.2) is 0 Å². The fraction of sp³-hybridized carbons (Fsp3) is 0.846. The zero-order chi connectivity index (χ0) is 15.3. The van der Waals surface area contributed by atoms with Gasteiger partial charge in [-0.05, 0) is 12.8 Å². The van der Waals surface area contributed by atoms with E-state index in [1.165, 1.54) is 0 Å². The predicted molar refractivity (Wildman–Crippen MR) is 72.4 cm³/mol. The molecule has 2 amide bonds. The van der Waals surface area contributed by atoms with Gasteiger partial charge in [-0.1, -0.05) is 13.8 Å². The average Bonchev–Trinajstić information content (AvgIpc) is 2.37. The number of nitrogens with zero attached hydrogens (tertiary/aromatic N) is 1. The van der Waals surface area contributed by atoms with Crippen LogP contribution in [0.2, 0.25) is 0 Å². The number of amides is 2. The number of nitrogens with one attached hydrogen (secondary N) is 1. The van der Waals surface area contributed by atoms with E-state index in [4.69, 9.17) is 14.9 Å². The maximum absolute atomic E-state index is 12.3. The Balaban J connectivity index is 2.64. The third kappa shape index (κ3) is 4.64. The summed E-state index contributed by atoms with van der Waals surface area (Å²) >= 11 is 0. The van der Waals surface area contributed by atoms with E-state index >= 15 is 0 Å². The first-order valence-electron chi connectivity index (χ1n) is 6.86. The minimum Gasteiger partial charge on any atom is -0.481 e. The molecule has 3 N–H and O–H groups in total. The van der Waals surface area contributed by atoms with Crippen molar-refractivity contribution < 1.29 is 24.5 Å². The van der Waals surface area contributed by atoms with Gasteiger partial charge in [0.05, 0.1) is 38.3 Å². The largest absolute Gasteiger partial charge is 0.481 e. The summed E-state index contributed by atoms with van der Waals surface area (Å²) in [6.45, 7) is 6.12. The van der Waals surface area contributed by atoms with Crippen LogP contribution in [0.25, 0.3) is 0 Å². The molecule has 116 valence electrons. The number of aliphatic hydroxyl groups excluding tert-OH is 1. The number of carboxylic acid groups (broad SMARTS) is 1. The first kappa shape index (κ1) is 16.7. The van der Waals surface area contributed by atoms with Crippen LogP contribution in [0.5, 0.6) is 0 Å². The number of aliphatic hydroxyl groups is 1. The molecule has 0 aromatic carbocycles. The van der Waals surface area contributed by atoms with E-state index in [0.717, 1.165) is 0 Å². The van der Waals surface area contributed by atoms with E-state index in [-0.39, 0.29) is 37.1 Å². The first-order valence-corrected chi connectivity index (χ1v) is 6.86. The molecule has 7 nitrogen and oxygen atoms in total. The Hall–Kier alpha value is -1.34. The van der Waals surface area contributed by atoms with Crippen LogP contribution in [0.15, 0.2) is 0 Å². The van der Waals surface area contributed by atoms with Crippen molar-refractivity contribution in [2.75, 3.05) is 19.8 Å². The van der Waals surface area contributed by atoms with E-state index < -0.39 is 12.0 Å². The number of morpholine rings is 1. The van der Waals surface area contributed by atoms with Gasteiger partial charge in [-0.2, -0.15) is 0 Å². The lowest BCUT2D eigenvalue weighted by Crippen LogP contribution is -2.57. The molecule has 1 aliphatic heterocycles. The van der Waals surface area contributed by atoms with Crippen LogP contribution < -0.4 is 5.32 Å². The number of ether oxygens (including phenoxy) is 1. The maximum Gasteiger partial charge on any atom is 0.318 e. The van der Waals surface area contributed by atoms with E-state index in [9.17, 15) is 9.59 Å². The summed E-state index contributed by atoms with van der Waals surface area (Å²) in [5.41, 5.74) is 0. The molecule has 0 bridgehead atoms. The van der Waals surface area contributed by atoms with Crippen molar-refractivity contribution >= 4 is 12.0 Å². The number of hydrogen-bond acceptors (Lipinski definition) is 4. The van der Waals surface area contributed by atoms with Crippen LogP contribution in [-0.2, 0) is 9.53 Å². The van der Waals surface area contributed by atoms with E-state index in [1.807, 2.05) is 20.8 Å². The highest BCUT2D eigenvalue weighted by Gasteiger charge is 2.31. The van der Waals surface area contributed by atoms with Gasteiger partial charge < -0.3 is 25.2 Å². The highest BCUT2D eigenvalue weighted by atomic mass is 16.5. The normalized spacial score (nSPS) is 24.6. The molecule has 3 unspecified atom stereocenters. The van der Waals surface area contributed by atoms with E-state index in [0.29, 0.717) is 13.2 Å². The van der Waals surface area contributed by atoms with E-state index in [2.05, 4.69) is 5.32 Å². The summed E-state index contributed by atoms with van der Waals surface area (Å²) in [5, 5.41) is 20.7. The first-order chi connectivity index (χ1) is 9.35. The molecule has 1 aliphatic rings. The van der Waals surface area contributed by atoms with Gasteiger partial charge in [-0.25, -0.2) is 4.79 Å². The fourth-order valence-electron chi connectivity index (χ4n) is 2.09. The molecule has 1 heterocycles.